The van der Waals surface area contributed by atoms with Gasteiger partial charge in [-0.15, -0.1) is 11.8 Å². The molecule has 0 aromatic heterocycles. The molecule has 0 radical (unpaired) electrons. The summed E-state index contributed by atoms with van der Waals surface area (Å²) in [4.78, 5) is 1.55. The molecule has 0 bridgehead atoms. The molecular weight excluding hydrogens is 298 g/mol. The van der Waals surface area contributed by atoms with Crippen molar-refractivity contribution < 1.29 is 4.74 Å². The summed E-state index contributed by atoms with van der Waals surface area (Å²) in [6.45, 7) is 6.80. The zero-order valence-electron chi connectivity index (χ0n) is 13.1. The summed E-state index contributed by atoms with van der Waals surface area (Å²) < 4.78 is 6.25. The van der Waals surface area contributed by atoms with E-state index in [0.717, 1.165) is 34.8 Å². The Bertz CT molecular complexity index is 504. The van der Waals surface area contributed by atoms with E-state index in [9.17, 15) is 0 Å². The molecule has 0 spiro atoms. The van der Waals surface area contributed by atoms with E-state index in [4.69, 9.17) is 22.7 Å². The summed E-state index contributed by atoms with van der Waals surface area (Å²) in [6.07, 6.45) is 4.92. The molecule has 2 N–H and O–H groups in total. The molecule has 1 saturated carbocycles. The molecule has 0 heterocycles. The van der Waals surface area contributed by atoms with E-state index in [0.29, 0.717) is 10.4 Å². The molecular formula is C17H25NOS2. The predicted octanol–water partition coefficient (Wildman–Crippen LogP) is 4.78. The second kappa shape index (κ2) is 7.01. The second-order valence-corrected chi connectivity index (χ2v) is 8.15. The maximum atomic E-state index is 6.25. The van der Waals surface area contributed by atoms with Crippen molar-refractivity contribution in [2.45, 2.75) is 57.5 Å². The molecule has 0 unspecified atom stereocenters. The highest BCUT2D eigenvalue weighted by Crippen LogP contribution is 2.38. The molecule has 116 valence electrons. The van der Waals surface area contributed by atoms with Gasteiger partial charge < -0.3 is 10.5 Å². The molecule has 2 nitrogen and oxygen atoms in total. The number of benzene rings is 1. The first-order valence-electron chi connectivity index (χ1n) is 7.65. The van der Waals surface area contributed by atoms with Crippen molar-refractivity contribution in [1.29, 1.82) is 0 Å². The highest BCUT2D eigenvalue weighted by Gasteiger charge is 2.28. The predicted molar refractivity (Wildman–Crippen MR) is 95.4 cm³/mol. The molecule has 21 heavy (non-hydrogen) atoms. The lowest BCUT2D eigenvalue weighted by molar-refractivity contribution is 0.0984. The molecule has 0 aliphatic heterocycles. The number of thiocarbonyl (C=S) groups is 1. The van der Waals surface area contributed by atoms with Gasteiger partial charge in [0.05, 0.1) is 11.7 Å². The van der Waals surface area contributed by atoms with Crippen LogP contribution in [0.25, 0.3) is 0 Å². The van der Waals surface area contributed by atoms with Crippen molar-refractivity contribution >= 4 is 29.0 Å². The van der Waals surface area contributed by atoms with Crippen LogP contribution < -0.4 is 10.5 Å². The summed E-state index contributed by atoms with van der Waals surface area (Å²) in [6, 6.07) is 6.09. The van der Waals surface area contributed by atoms with Crippen LogP contribution in [0.4, 0.5) is 0 Å². The number of hydrogen-bond donors (Lipinski definition) is 1. The van der Waals surface area contributed by atoms with E-state index in [-0.39, 0.29) is 6.10 Å². The fourth-order valence-corrected chi connectivity index (χ4v) is 3.91. The molecule has 0 amide bonds. The minimum atomic E-state index is 0.285. The van der Waals surface area contributed by atoms with E-state index in [1.165, 1.54) is 12.8 Å². The van der Waals surface area contributed by atoms with Gasteiger partial charge in [0.1, 0.15) is 10.7 Å². The summed E-state index contributed by atoms with van der Waals surface area (Å²) in [5, 5.41) is 0. The van der Waals surface area contributed by atoms with Gasteiger partial charge >= 0.3 is 0 Å². The molecule has 1 aliphatic rings. The third kappa shape index (κ3) is 4.36. The SMILES string of the molecule is CCSc1cccc(OC2CCC(C)(C)CC2)c1C(N)=S. The number of nitrogens with two attached hydrogens (primary N) is 1. The quantitative estimate of drug-likeness (QED) is 0.625. The van der Waals surface area contributed by atoms with Crippen molar-refractivity contribution in [2.24, 2.45) is 11.1 Å². The van der Waals surface area contributed by atoms with Gasteiger partial charge in [-0.3, -0.25) is 0 Å². The van der Waals surface area contributed by atoms with Crippen LogP contribution in [0.5, 0.6) is 5.75 Å². The van der Waals surface area contributed by atoms with Crippen molar-refractivity contribution in [3.05, 3.63) is 23.8 Å². The summed E-state index contributed by atoms with van der Waals surface area (Å²) in [7, 11) is 0. The Morgan fingerprint density at radius 2 is 2.05 bits per heavy atom. The van der Waals surface area contributed by atoms with Crippen molar-refractivity contribution in [1.82, 2.24) is 0 Å². The maximum Gasteiger partial charge on any atom is 0.131 e. The second-order valence-electron chi connectivity index (χ2n) is 6.41. The molecule has 1 fully saturated rings. The molecule has 4 heteroatoms. The van der Waals surface area contributed by atoms with E-state index >= 15 is 0 Å². The van der Waals surface area contributed by atoms with Gasteiger partial charge in [0.25, 0.3) is 0 Å². The van der Waals surface area contributed by atoms with Crippen LogP contribution in [-0.4, -0.2) is 16.8 Å². The molecule has 0 saturated heterocycles. The summed E-state index contributed by atoms with van der Waals surface area (Å²) >= 11 is 7.00. The number of ether oxygens (including phenoxy) is 1. The summed E-state index contributed by atoms with van der Waals surface area (Å²) in [5.74, 6) is 1.85. The fourth-order valence-electron chi connectivity index (χ4n) is 2.80. The zero-order valence-corrected chi connectivity index (χ0v) is 14.8. The van der Waals surface area contributed by atoms with Gasteiger partial charge in [0.2, 0.25) is 0 Å². The maximum absolute atomic E-state index is 6.25. The average molecular weight is 324 g/mol. The third-order valence-electron chi connectivity index (χ3n) is 4.11. The Morgan fingerprint density at radius 1 is 1.38 bits per heavy atom. The first-order valence-corrected chi connectivity index (χ1v) is 9.04. The minimum Gasteiger partial charge on any atom is -0.490 e. The van der Waals surface area contributed by atoms with Gasteiger partial charge in [-0.25, -0.2) is 0 Å². The van der Waals surface area contributed by atoms with Gasteiger partial charge in [-0.2, -0.15) is 0 Å². The van der Waals surface area contributed by atoms with Crippen LogP contribution >= 0.6 is 24.0 Å². The Kier molecular flexibility index (Phi) is 5.55. The van der Waals surface area contributed by atoms with Crippen LogP contribution in [0.2, 0.25) is 0 Å². The Balaban J connectivity index is 2.16. The van der Waals surface area contributed by atoms with E-state index < -0.39 is 0 Å². The smallest absolute Gasteiger partial charge is 0.131 e. The normalized spacial score (nSPS) is 18.4. The molecule has 2 rings (SSSR count). The Morgan fingerprint density at radius 3 is 2.62 bits per heavy atom. The Labute approximate surface area is 137 Å². The monoisotopic (exact) mass is 323 g/mol. The van der Waals surface area contributed by atoms with Gasteiger partial charge in [-0.1, -0.05) is 39.1 Å². The largest absolute Gasteiger partial charge is 0.490 e. The first-order chi connectivity index (χ1) is 9.93. The standard InChI is InChI=1S/C17H25NOS2/c1-4-21-14-7-5-6-13(15(14)16(18)20)19-12-8-10-17(2,3)11-9-12/h5-7,12H,4,8-11H2,1-3H3,(H2,18,20). The number of rotatable bonds is 5. The van der Waals surface area contributed by atoms with Crippen molar-refractivity contribution in [2.75, 3.05) is 5.75 Å². The van der Waals surface area contributed by atoms with Gasteiger partial charge in [-0.05, 0) is 49.0 Å². The summed E-state index contributed by atoms with van der Waals surface area (Å²) in [5.41, 5.74) is 7.29. The van der Waals surface area contributed by atoms with Gasteiger partial charge in [0.15, 0.2) is 0 Å². The molecule has 1 aromatic carbocycles. The lowest BCUT2D eigenvalue weighted by Crippen LogP contribution is -2.29. The van der Waals surface area contributed by atoms with Crippen LogP contribution in [0, 0.1) is 5.41 Å². The first kappa shape index (κ1) is 16.6. The van der Waals surface area contributed by atoms with Crippen molar-refractivity contribution in [3.63, 3.8) is 0 Å². The van der Waals surface area contributed by atoms with Crippen LogP contribution in [0.3, 0.4) is 0 Å². The van der Waals surface area contributed by atoms with Gasteiger partial charge in [0, 0.05) is 4.90 Å². The number of thioether (sulfide) groups is 1. The zero-order chi connectivity index (χ0) is 15.5. The number of hydrogen-bond acceptors (Lipinski definition) is 3. The molecule has 0 atom stereocenters. The fraction of sp³-hybridized carbons (Fsp3) is 0.588. The lowest BCUT2D eigenvalue weighted by atomic mass is 9.76. The highest BCUT2D eigenvalue weighted by atomic mass is 32.2. The average Bonchev–Trinajstić information content (AvgIpc) is 2.41. The van der Waals surface area contributed by atoms with E-state index in [1.54, 1.807) is 11.8 Å². The topological polar surface area (TPSA) is 35.2 Å². The highest BCUT2D eigenvalue weighted by molar-refractivity contribution is 7.99. The minimum absolute atomic E-state index is 0.285. The molecule has 1 aromatic rings. The Hall–Kier alpha value is -0.740. The molecule has 1 aliphatic carbocycles. The van der Waals surface area contributed by atoms with Crippen molar-refractivity contribution in [3.8, 4) is 5.75 Å². The van der Waals surface area contributed by atoms with Crippen LogP contribution in [0.1, 0.15) is 52.0 Å². The van der Waals surface area contributed by atoms with E-state index in [1.807, 2.05) is 12.1 Å². The van der Waals surface area contributed by atoms with E-state index in [2.05, 4.69) is 26.8 Å². The lowest BCUT2D eigenvalue weighted by Gasteiger charge is -2.34. The van der Waals surface area contributed by atoms with Crippen LogP contribution in [-0.2, 0) is 0 Å². The third-order valence-corrected chi connectivity index (χ3v) is 5.26. The van der Waals surface area contributed by atoms with Crippen LogP contribution in [0.15, 0.2) is 23.1 Å².